The lowest BCUT2D eigenvalue weighted by Crippen LogP contribution is -2.45. The summed E-state index contributed by atoms with van der Waals surface area (Å²) < 4.78 is 17.3. The summed E-state index contributed by atoms with van der Waals surface area (Å²) in [4.78, 5) is 10.6. The van der Waals surface area contributed by atoms with Crippen LogP contribution in [0.5, 0.6) is 0 Å². The van der Waals surface area contributed by atoms with Gasteiger partial charge in [-0.05, 0) is 24.3 Å². The minimum atomic E-state index is -1.57. The number of aliphatic hydroxyl groups excluding tert-OH is 1. The van der Waals surface area contributed by atoms with Gasteiger partial charge in [0.25, 0.3) is 0 Å². The zero-order chi connectivity index (χ0) is 13.6. The number of aliphatic hydroxyl groups is 2. The quantitative estimate of drug-likeness (QED) is 0.648. The van der Waals surface area contributed by atoms with Crippen molar-refractivity contribution in [2.75, 3.05) is 25.1 Å². The Morgan fingerprint density at radius 3 is 2.56 bits per heavy atom. The van der Waals surface area contributed by atoms with E-state index in [1.165, 1.54) is 31.2 Å². The first-order valence-electron chi connectivity index (χ1n) is 5.41. The molecule has 0 saturated carbocycles. The molecule has 0 spiro atoms. The molecule has 1 aromatic carbocycles. The van der Waals surface area contributed by atoms with Gasteiger partial charge >= 0.3 is 5.97 Å². The summed E-state index contributed by atoms with van der Waals surface area (Å²) in [5.74, 6) is -0.901. The van der Waals surface area contributed by atoms with Crippen LogP contribution in [0.25, 0.3) is 0 Å². The van der Waals surface area contributed by atoms with Gasteiger partial charge in [-0.2, -0.15) is 0 Å². The number of hydrogen-bond acceptors (Lipinski definition) is 5. The lowest BCUT2D eigenvalue weighted by Gasteiger charge is -2.25. The molecule has 3 N–H and O–H groups in total. The van der Waals surface area contributed by atoms with E-state index in [4.69, 9.17) is 5.11 Å². The van der Waals surface area contributed by atoms with Crippen molar-refractivity contribution in [3.8, 4) is 0 Å². The minimum Gasteiger partial charge on any atom is -0.463 e. The molecule has 1 aromatic rings. The molecule has 0 aliphatic carbocycles. The van der Waals surface area contributed by atoms with Crippen molar-refractivity contribution < 1.29 is 24.1 Å². The zero-order valence-corrected chi connectivity index (χ0v) is 10.0. The largest absolute Gasteiger partial charge is 0.463 e. The van der Waals surface area contributed by atoms with Crippen LogP contribution in [0.4, 0.5) is 10.1 Å². The van der Waals surface area contributed by atoms with Crippen LogP contribution in [0.3, 0.4) is 0 Å². The Labute approximate surface area is 104 Å². The highest BCUT2D eigenvalue weighted by atomic mass is 19.1. The van der Waals surface area contributed by atoms with Crippen molar-refractivity contribution in [1.29, 1.82) is 0 Å². The molecule has 0 saturated heterocycles. The lowest BCUT2D eigenvalue weighted by molar-refractivity contribution is -0.150. The summed E-state index contributed by atoms with van der Waals surface area (Å²) in [5.41, 5.74) is -0.980. The molecule has 0 heterocycles. The topological polar surface area (TPSA) is 78.8 Å². The number of halogens is 1. The lowest BCUT2D eigenvalue weighted by atomic mass is 10.1. The van der Waals surface area contributed by atoms with E-state index in [-0.39, 0.29) is 19.0 Å². The van der Waals surface area contributed by atoms with Gasteiger partial charge in [0, 0.05) is 19.2 Å². The van der Waals surface area contributed by atoms with Gasteiger partial charge in [0.2, 0.25) is 0 Å². The van der Waals surface area contributed by atoms with Gasteiger partial charge in [-0.15, -0.1) is 0 Å². The third kappa shape index (κ3) is 4.68. The molecule has 0 aliphatic rings. The van der Waals surface area contributed by atoms with Crippen molar-refractivity contribution in [3.63, 3.8) is 0 Å². The summed E-state index contributed by atoms with van der Waals surface area (Å²) >= 11 is 0. The summed E-state index contributed by atoms with van der Waals surface area (Å²) in [7, 11) is 0. The van der Waals surface area contributed by atoms with Gasteiger partial charge < -0.3 is 20.3 Å². The Kier molecular flexibility index (Phi) is 5.06. The molecule has 0 amide bonds. The Hall–Kier alpha value is -1.66. The molecular weight excluding hydrogens is 241 g/mol. The SMILES string of the molecule is CC(=O)OCC(O)(CO)CNc1ccc(F)cc1. The molecular formula is C12H16FNO4. The van der Waals surface area contributed by atoms with Crippen LogP contribution in [0.15, 0.2) is 24.3 Å². The van der Waals surface area contributed by atoms with Gasteiger partial charge in [0.1, 0.15) is 18.0 Å². The fourth-order valence-electron chi connectivity index (χ4n) is 1.22. The second kappa shape index (κ2) is 6.32. The highest BCUT2D eigenvalue weighted by molar-refractivity contribution is 5.66. The predicted octanol–water partition coefficient (Wildman–Crippen LogP) is 0.524. The van der Waals surface area contributed by atoms with Gasteiger partial charge in [0.15, 0.2) is 0 Å². The van der Waals surface area contributed by atoms with Crippen LogP contribution in [0.1, 0.15) is 6.92 Å². The van der Waals surface area contributed by atoms with Crippen LogP contribution in [-0.2, 0) is 9.53 Å². The van der Waals surface area contributed by atoms with Crippen molar-refractivity contribution in [1.82, 2.24) is 0 Å². The molecule has 0 bridgehead atoms. The summed E-state index contributed by atoms with van der Waals surface area (Å²) in [5, 5.41) is 21.8. The summed E-state index contributed by atoms with van der Waals surface area (Å²) in [6.07, 6.45) is 0. The molecule has 100 valence electrons. The number of ether oxygens (including phenoxy) is 1. The summed E-state index contributed by atoms with van der Waals surface area (Å²) in [6.45, 7) is 0.315. The molecule has 0 radical (unpaired) electrons. The number of nitrogens with one attached hydrogen (secondary N) is 1. The van der Waals surface area contributed by atoms with Crippen LogP contribution in [-0.4, -0.2) is 41.5 Å². The number of anilines is 1. The highest BCUT2D eigenvalue weighted by Gasteiger charge is 2.27. The van der Waals surface area contributed by atoms with E-state index in [2.05, 4.69) is 10.1 Å². The van der Waals surface area contributed by atoms with Gasteiger partial charge in [-0.3, -0.25) is 4.79 Å². The van der Waals surface area contributed by atoms with E-state index in [0.717, 1.165) is 0 Å². The van der Waals surface area contributed by atoms with E-state index >= 15 is 0 Å². The van der Waals surface area contributed by atoms with Crippen LogP contribution in [0, 0.1) is 5.82 Å². The molecule has 1 unspecified atom stereocenters. The molecule has 1 atom stereocenters. The fourth-order valence-corrected chi connectivity index (χ4v) is 1.22. The smallest absolute Gasteiger partial charge is 0.302 e. The Bertz CT molecular complexity index is 396. The van der Waals surface area contributed by atoms with E-state index in [0.29, 0.717) is 5.69 Å². The van der Waals surface area contributed by atoms with Crippen molar-refractivity contribution in [2.45, 2.75) is 12.5 Å². The molecule has 5 nitrogen and oxygen atoms in total. The average molecular weight is 257 g/mol. The highest BCUT2D eigenvalue weighted by Crippen LogP contribution is 2.11. The standard InChI is InChI=1S/C12H16FNO4/c1-9(16)18-8-12(17,7-15)6-14-11-4-2-10(13)3-5-11/h2-5,14-15,17H,6-8H2,1H3. The second-order valence-electron chi connectivity index (χ2n) is 4.02. The van der Waals surface area contributed by atoms with E-state index in [9.17, 15) is 14.3 Å². The number of hydrogen-bond donors (Lipinski definition) is 3. The van der Waals surface area contributed by atoms with E-state index in [1.54, 1.807) is 0 Å². The maximum atomic E-state index is 12.7. The number of esters is 1. The zero-order valence-electron chi connectivity index (χ0n) is 10.0. The van der Waals surface area contributed by atoms with Crippen molar-refractivity contribution in [3.05, 3.63) is 30.1 Å². The Morgan fingerprint density at radius 1 is 1.44 bits per heavy atom. The van der Waals surface area contributed by atoms with Crippen LogP contribution >= 0.6 is 0 Å². The molecule has 0 aliphatic heterocycles. The molecule has 6 heteroatoms. The van der Waals surface area contributed by atoms with E-state index in [1.807, 2.05) is 0 Å². The third-order valence-electron chi connectivity index (χ3n) is 2.30. The maximum Gasteiger partial charge on any atom is 0.302 e. The van der Waals surface area contributed by atoms with Crippen LogP contribution < -0.4 is 5.32 Å². The van der Waals surface area contributed by atoms with Gasteiger partial charge in [-0.25, -0.2) is 4.39 Å². The first-order valence-corrected chi connectivity index (χ1v) is 5.41. The Morgan fingerprint density at radius 2 is 2.06 bits per heavy atom. The Balaban J connectivity index is 2.52. The molecule has 1 rings (SSSR count). The molecule has 0 aromatic heterocycles. The normalized spacial score (nSPS) is 13.8. The third-order valence-corrected chi connectivity index (χ3v) is 2.30. The average Bonchev–Trinajstić information content (AvgIpc) is 2.36. The summed E-state index contributed by atoms with van der Waals surface area (Å²) in [6, 6.07) is 5.54. The number of benzene rings is 1. The predicted molar refractivity (Wildman–Crippen MR) is 63.6 cm³/mol. The number of carbonyl (C=O) groups is 1. The van der Waals surface area contributed by atoms with Crippen molar-refractivity contribution >= 4 is 11.7 Å². The van der Waals surface area contributed by atoms with E-state index < -0.39 is 18.2 Å². The first kappa shape index (κ1) is 14.4. The van der Waals surface area contributed by atoms with Gasteiger partial charge in [0.05, 0.1) is 6.61 Å². The second-order valence-corrected chi connectivity index (χ2v) is 4.02. The minimum absolute atomic E-state index is 0.0254. The maximum absolute atomic E-state index is 12.7. The number of rotatable bonds is 6. The molecule has 18 heavy (non-hydrogen) atoms. The first-order chi connectivity index (χ1) is 8.45. The number of carbonyl (C=O) groups excluding carboxylic acids is 1. The molecule has 0 fully saturated rings. The van der Waals surface area contributed by atoms with Crippen LogP contribution in [0.2, 0.25) is 0 Å². The van der Waals surface area contributed by atoms with Gasteiger partial charge in [-0.1, -0.05) is 0 Å². The fraction of sp³-hybridized carbons (Fsp3) is 0.417. The van der Waals surface area contributed by atoms with Crippen molar-refractivity contribution in [2.24, 2.45) is 0 Å². The monoisotopic (exact) mass is 257 g/mol.